The van der Waals surface area contributed by atoms with Crippen molar-refractivity contribution in [2.24, 2.45) is 10.9 Å². The number of fused-ring (bicyclic) bond motifs is 1. The van der Waals surface area contributed by atoms with Gasteiger partial charge in [-0.15, -0.1) is 0 Å². The average Bonchev–Trinajstić information content (AvgIpc) is 2.68. The van der Waals surface area contributed by atoms with E-state index in [9.17, 15) is 9.59 Å². The Hall–Kier alpha value is -1.24. The van der Waals surface area contributed by atoms with Crippen molar-refractivity contribution in [2.75, 3.05) is 20.6 Å². The number of aliphatic imine (C=N–C) groups is 1. The second-order valence-electron chi connectivity index (χ2n) is 5.26. The van der Waals surface area contributed by atoms with Gasteiger partial charge in [-0.2, -0.15) is 0 Å². The van der Waals surface area contributed by atoms with Gasteiger partial charge < -0.3 is 0 Å². The van der Waals surface area contributed by atoms with E-state index in [4.69, 9.17) is 0 Å². The number of carbonyl (C=O) groups excluding carboxylic acids is 2. The molecule has 2 rings (SSSR count). The van der Waals surface area contributed by atoms with E-state index in [0.29, 0.717) is 16.5 Å². The summed E-state index contributed by atoms with van der Waals surface area (Å²) < 4.78 is 2.54. The van der Waals surface area contributed by atoms with Gasteiger partial charge in [0, 0.05) is 14.1 Å². The summed E-state index contributed by atoms with van der Waals surface area (Å²) in [5, 5.41) is 0. The van der Waals surface area contributed by atoms with Crippen LogP contribution in [0.4, 0.5) is 4.79 Å². The minimum atomic E-state index is -0.485. The summed E-state index contributed by atoms with van der Waals surface area (Å²) in [6, 6.07) is -0.827. The molecule has 1 saturated heterocycles. The quantitative estimate of drug-likeness (QED) is 0.575. The molecule has 19 heavy (non-hydrogen) atoms. The van der Waals surface area contributed by atoms with Gasteiger partial charge in [-0.1, -0.05) is 13.8 Å². The van der Waals surface area contributed by atoms with Crippen LogP contribution in [0.2, 0.25) is 0 Å². The fourth-order valence-electron chi connectivity index (χ4n) is 2.19. The first kappa shape index (κ1) is 14.2. The monoisotopic (exact) mass is 329 g/mol. The number of hydrogen-bond acceptors (Lipinski definition) is 3. The minimum absolute atomic E-state index is 0.222. The zero-order chi connectivity index (χ0) is 14.3. The fourth-order valence-corrected chi connectivity index (χ4v) is 2.75. The molecule has 3 amide bonds. The van der Waals surface area contributed by atoms with Gasteiger partial charge in [-0.25, -0.2) is 9.37 Å². The van der Waals surface area contributed by atoms with Gasteiger partial charge in [0.2, 0.25) is 0 Å². The van der Waals surface area contributed by atoms with Crippen LogP contribution in [-0.2, 0) is 4.79 Å². The Morgan fingerprint density at radius 1 is 1.32 bits per heavy atom. The Labute approximate surface area is 120 Å². The van der Waals surface area contributed by atoms with Crippen LogP contribution in [0, 0.1) is 5.92 Å². The highest BCUT2D eigenvalue weighted by molar-refractivity contribution is 9.18. The van der Waals surface area contributed by atoms with Crippen molar-refractivity contribution >= 4 is 38.4 Å². The highest BCUT2D eigenvalue weighted by Gasteiger charge is 2.52. The van der Waals surface area contributed by atoms with Crippen molar-refractivity contribution in [3.8, 4) is 0 Å². The van der Waals surface area contributed by atoms with Gasteiger partial charge in [0.25, 0.3) is 17.8 Å². The lowest BCUT2D eigenvalue weighted by Crippen LogP contribution is -2.61. The first-order valence-corrected chi connectivity index (χ1v) is 7.06. The van der Waals surface area contributed by atoms with E-state index in [1.165, 1.54) is 11.9 Å². The Kier molecular flexibility index (Phi) is 3.75. The van der Waals surface area contributed by atoms with E-state index < -0.39 is 6.04 Å². The summed E-state index contributed by atoms with van der Waals surface area (Å²) in [7, 11) is 3.15. The summed E-state index contributed by atoms with van der Waals surface area (Å²) in [4.78, 5) is 31.1. The van der Waals surface area contributed by atoms with Crippen molar-refractivity contribution in [3.63, 3.8) is 0 Å². The number of likely N-dealkylation sites (N-methyl/N-ethyl adjacent to an activating group) is 2. The second kappa shape index (κ2) is 5.03. The minimum Gasteiger partial charge on any atom is -0.269 e. The van der Waals surface area contributed by atoms with Gasteiger partial charge >= 0.3 is 10.8 Å². The molecule has 0 radical (unpaired) electrons. The second-order valence-corrected chi connectivity index (χ2v) is 5.97. The maximum absolute atomic E-state index is 12.3. The normalized spacial score (nSPS) is 23.5. The third-order valence-electron chi connectivity index (χ3n) is 3.43. The lowest BCUT2D eigenvalue weighted by Gasteiger charge is -2.30. The smallest absolute Gasteiger partial charge is 0.269 e. The number of imide groups is 1. The van der Waals surface area contributed by atoms with E-state index in [2.05, 4.69) is 34.8 Å². The number of hydrogen-bond donors (Lipinski definition) is 0. The van der Waals surface area contributed by atoms with Gasteiger partial charge in [0.1, 0.15) is 0 Å². The van der Waals surface area contributed by atoms with Crippen molar-refractivity contribution in [1.29, 1.82) is 0 Å². The lowest BCUT2D eigenvalue weighted by atomic mass is 10.1. The molecule has 0 saturated carbocycles. The van der Waals surface area contributed by atoms with Crippen LogP contribution in [0.1, 0.15) is 20.3 Å². The molecule has 6 nitrogen and oxygen atoms in total. The Bertz CT molecular complexity index is 498. The van der Waals surface area contributed by atoms with E-state index in [0.717, 1.165) is 17.9 Å². The SMILES string of the molecule is CC(C)CC[N+]1=C(Br)N=C2C1C(=O)N(C)C(=O)N2C. The number of amidine groups is 2. The van der Waals surface area contributed by atoms with E-state index >= 15 is 0 Å². The predicted octanol–water partition coefficient (Wildman–Crippen LogP) is 1.10. The molecule has 0 N–H and O–H groups in total. The summed E-state index contributed by atoms with van der Waals surface area (Å²) in [6.45, 7) is 5.00. The molecule has 1 atom stereocenters. The first-order valence-electron chi connectivity index (χ1n) is 6.27. The molecule has 1 fully saturated rings. The van der Waals surface area contributed by atoms with E-state index in [1.54, 1.807) is 7.05 Å². The molecule has 0 aromatic carbocycles. The van der Waals surface area contributed by atoms with Crippen LogP contribution in [0.25, 0.3) is 0 Å². The molecular formula is C12H18BrN4O2+. The largest absolute Gasteiger partial charge is 0.364 e. The molecular weight excluding hydrogens is 312 g/mol. The summed E-state index contributed by atoms with van der Waals surface area (Å²) in [6.07, 6.45) is 0.961. The Morgan fingerprint density at radius 2 is 1.95 bits per heavy atom. The highest BCUT2D eigenvalue weighted by atomic mass is 79.9. The van der Waals surface area contributed by atoms with Crippen LogP contribution in [0.5, 0.6) is 0 Å². The third kappa shape index (κ3) is 2.31. The van der Waals surface area contributed by atoms with Crippen LogP contribution >= 0.6 is 15.9 Å². The van der Waals surface area contributed by atoms with E-state index in [-0.39, 0.29) is 11.9 Å². The predicted molar refractivity (Wildman–Crippen MR) is 75.7 cm³/mol. The van der Waals surface area contributed by atoms with Crippen LogP contribution in [-0.4, -0.2) is 63.6 Å². The number of rotatable bonds is 3. The van der Waals surface area contributed by atoms with Crippen molar-refractivity contribution < 1.29 is 14.2 Å². The molecule has 0 aromatic heterocycles. The van der Waals surface area contributed by atoms with Gasteiger partial charge in [-0.3, -0.25) is 14.6 Å². The molecule has 2 aliphatic heterocycles. The zero-order valence-corrected chi connectivity index (χ0v) is 13.1. The van der Waals surface area contributed by atoms with Crippen LogP contribution in [0.3, 0.4) is 0 Å². The highest BCUT2D eigenvalue weighted by Crippen LogP contribution is 2.21. The van der Waals surface area contributed by atoms with Crippen LogP contribution in [0.15, 0.2) is 4.99 Å². The van der Waals surface area contributed by atoms with Gasteiger partial charge in [0.05, 0.1) is 22.5 Å². The molecule has 0 bridgehead atoms. The van der Waals surface area contributed by atoms with Crippen LogP contribution < -0.4 is 0 Å². The molecule has 2 aliphatic rings. The number of nitrogens with zero attached hydrogens (tertiary/aromatic N) is 4. The molecule has 7 heteroatoms. The number of carbonyl (C=O) groups is 2. The average molecular weight is 330 g/mol. The van der Waals surface area contributed by atoms with Crippen molar-refractivity contribution in [3.05, 3.63) is 0 Å². The molecule has 0 aliphatic carbocycles. The number of halogens is 1. The van der Waals surface area contributed by atoms with Crippen molar-refractivity contribution in [1.82, 2.24) is 9.80 Å². The molecule has 2 heterocycles. The maximum atomic E-state index is 12.3. The first-order chi connectivity index (χ1) is 8.84. The summed E-state index contributed by atoms with van der Waals surface area (Å²) in [5.41, 5.74) is 0. The standard InChI is InChI=1S/C12H18BrN4O2/c1-7(2)5-6-17-8-9(14-11(17)13)15(3)12(19)16(4)10(8)18/h7-8H,5-6H2,1-4H3/q+1. The molecule has 104 valence electrons. The number of urea groups is 1. The van der Waals surface area contributed by atoms with Gasteiger partial charge in [0.15, 0.2) is 0 Å². The third-order valence-corrected chi connectivity index (χ3v) is 4.06. The fraction of sp³-hybridized carbons (Fsp3) is 0.667. The topological polar surface area (TPSA) is 56.0 Å². The molecule has 0 spiro atoms. The Balaban J connectivity index is 2.29. The van der Waals surface area contributed by atoms with E-state index in [1.807, 2.05) is 4.58 Å². The van der Waals surface area contributed by atoms with Gasteiger partial charge in [-0.05, 0) is 17.3 Å². The lowest BCUT2D eigenvalue weighted by molar-refractivity contribution is -0.533. The maximum Gasteiger partial charge on any atom is 0.364 e. The summed E-state index contributed by atoms with van der Waals surface area (Å²) in [5.74, 6) is 0.823. The molecule has 1 unspecified atom stereocenters. The summed E-state index contributed by atoms with van der Waals surface area (Å²) >= 11 is 3.39. The zero-order valence-electron chi connectivity index (χ0n) is 11.6. The number of amides is 3. The van der Waals surface area contributed by atoms with Crippen molar-refractivity contribution in [2.45, 2.75) is 26.3 Å². The molecule has 0 aromatic rings. The Morgan fingerprint density at radius 3 is 2.53 bits per heavy atom.